The minimum Gasteiger partial charge on any atom is -0.268 e. The molecule has 0 bridgehead atoms. The van der Waals surface area contributed by atoms with E-state index < -0.39 is 10.0 Å². The van der Waals surface area contributed by atoms with E-state index in [-0.39, 0.29) is 6.04 Å². The molecule has 0 spiro atoms. The monoisotopic (exact) mass is 361 g/mol. The van der Waals surface area contributed by atoms with Crippen molar-refractivity contribution in [3.8, 4) is 0 Å². The normalized spacial score (nSPS) is 17.6. The van der Waals surface area contributed by atoms with Crippen LogP contribution in [0.3, 0.4) is 0 Å². The third-order valence-corrected chi connectivity index (χ3v) is 7.18. The van der Waals surface area contributed by atoms with Crippen LogP contribution in [0.4, 0.5) is 5.69 Å². The molecule has 0 N–H and O–H groups in total. The Kier molecular flexibility index (Phi) is 4.91. The summed E-state index contributed by atoms with van der Waals surface area (Å²) in [6.07, 6.45) is 3.63. The summed E-state index contributed by atoms with van der Waals surface area (Å²) in [7, 11) is -3.65. The molecule has 0 saturated heterocycles. The largest absolute Gasteiger partial charge is 0.268 e. The first-order valence-corrected chi connectivity index (χ1v) is 10.5. The fraction of sp³-hybridized carbons (Fsp3) is 0.526. The Morgan fingerprint density at radius 3 is 2.56 bits per heavy atom. The van der Waals surface area contributed by atoms with Crippen LogP contribution in [-0.4, -0.2) is 24.2 Å². The van der Waals surface area contributed by atoms with E-state index in [4.69, 9.17) is 0 Å². The van der Waals surface area contributed by atoms with Gasteiger partial charge in [-0.3, -0.25) is 8.99 Å². The van der Waals surface area contributed by atoms with Crippen LogP contribution in [0.1, 0.15) is 50.1 Å². The average molecular weight is 362 g/mol. The number of hydrogen-bond acceptors (Lipinski definition) is 3. The molecule has 5 nitrogen and oxygen atoms in total. The van der Waals surface area contributed by atoms with E-state index in [0.717, 1.165) is 42.6 Å². The second-order valence-electron chi connectivity index (χ2n) is 6.73. The smallest absolute Gasteiger partial charge is 0.268 e. The molecule has 0 saturated carbocycles. The summed E-state index contributed by atoms with van der Waals surface area (Å²) in [5.41, 5.74) is 3.24. The molecule has 1 aliphatic rings. The van der Waals surface area contributed by atoms with Crippen LogP contribution >= 0.6 is 0 Å². The molecule has 0 unspecified atom stereocenters. The molecule has 1 aliphatic heterocycles. The number of anilines is 1. The van der Waals surface area contributed by atoms with Crippen molar-refractivity contribution in [2.45, 2.75) is 70.9 Å². The lowest BCUT2D eigenvalue weighted by Gasteiger charge is -2.38. The van der Waals surface area contributed by atoms with Crippen molar-refractivity contribution >= 4 is 15.7 Å². The average Bonchev–Trinajstić information content (AvgIpc) is 2.89. The molecule has 1 aromatic heterocycles. The van der Waals surface area contributed by atoms with Gasteiger partial charge in [0.15, 0.2) is 0 Å². The quantitative estimate of drug-likeness (QED) is 0.813. The molecule has 0 aliphatic carbocycles. The first-order valence-electron chi connectivity index (χ1n) is 9.08. The summed E-state index contributed by atoms with van der Waals surface area (Å²) >= 11 is 0. The van der Waals surface area contributed by atoms with E-state index in [2.05, 4.69) is 12.0 Å². The van der Waals surface area contributed by atoms with Crippen LogP contribution in [-0.2, 0) is 23.0 Å². The summed E-state index contributed by atoms with van der Waals surface area (Å²) < 4.78 is 30.8. The van der Waals surface area contributed by atoms with Gasteiger partial charge in [0.05, 0.1) is 17.1 Å². The number of fused-ring (bicyclic) bond motifs is 1. The molecule has 2 aromatic rings. The molecular weight excluding hydrogens is 334 g/mol. The third-order valence-electron chi connectivity index (χ3n) is 5.06. The van der Waals surface area contributed by atoms with Gasteiger partial charge >= 0.3 is 0 Å². The number of rotatable bonds is 5. The van der Waals surface area contributed by atoms with Gasteiger partial charge < -0.3 is 0 Å². The van der Waals surface area contributed by atoms with Crippen molar-refractivity contribution in [3.63, 3.8) is 0 Å². The van der Waals surface area contributed by atoms with Gasteiger partial charge in [-0.25, -0.2) is 8.42 Å². The third kappa shape index (κ3) is 2.97. The van der Waals surface area contributed by atoms with E-state index in [1.54, 1.807) is 15.9 Å². The summed E-state index contributed by atoms with van der Waals surface area (Å²) in [5.74, 6) is 0. The zero-order chi connectivity index (χ0) is 18.2. The van der Waals surface area contributed by atoms with Crippen LogP contribution in [0.5, 0.6) is 0 Å². The molecule has 1 atom stereocenters. The van der Waals surface area contributed by atoms with Crippen molar-refractivity contribution in [1.82, 2.24) is 9.78 Å². The molecule has 2 heterocycles. The topological polar surface area (TPSA) is 55.2 Å². The first kappa shape index (κ1) is 18.0. The Morgan fingerprint density at radius 2 is 1.92 bits per heavy atom. The second kappa shape index (κ2) is 6.83. The molecule has 0 fully saturated rings. The lowest BCUT2D eigenvalue weighted by atomic mass is 9.95. The Hall–Kier alpha value is -1.82. The standard InChI is InChI=1S/C19H27N3O2S/c1-5-9-17-13-12-16-10-7-8-11-18(16)22(17)25(23,24)19-14(3)20-21(6-2)15(19)4/h7-8,10-11,17H,5-6,9,12-13H2,1-4H3/t17-/m0/s1. The molecule has 0 amide bonds. The predicted octanol–water partition coefficient (Wildman–Crippen LogP) is 3.83. The van der Waals surface area contributed by atoms with Gasteiger partial charge in [-0.05, 0) is 51.7 Å². The number of hydrogen-bond donors (Lipinski definition) is 0. The second-order valence-corrected chi connectivity index (χ2v) is 8.48. The number of benzene rings is 1. The molecule has 3 rings (SSSR count). The van der Waals surface area contributed by atoms with Crippen LogP contribution < -0.4 is 4.31 Å². The van der Waals surface area contributed by atoms with Gasteiger partial charge in [-0.15, -0.1) is 0 Å². The molecule has 136 valence electrons. The zero-order valence-corrected chi connectivity index (χ0v) is 16.3. The van der Waals surface area contributed by atoms with Gasteiger partial charge in [0, 0.05) is 12.6 Å². The molecular formula is C19H27N3O2S. The van der Waals surface area contributed by atoms with Crippen molar-refractivity contribution in [1.29, 1.82) is 0 Å². The predicted molar refractivity (Wildman–Crippen MR) is 100 cm³/mol. The van der Waals surface area contributed by atoms with E-state index >= 15 is 0 Å². The van der Waals surface area contributed by atoms with Gasteiger partial charge in [0.2, 0.25) is 0 Å². The lowest BCUT2D eigenvalue weighted by Crippen LogP contribution is -2.44. The maximum atomic E-state index is 13.7. The maximum absolute atomic E-state index is 13.7. The van der Waals surface area contributed by atoms with Crippen molar-refractivity contribution in [2.75, 3.05) is 4.31 Å². The van der Waals surface area contributed by atoms with Gasteiger partial charge in [0.25, 0.3) is 10.0 Å². The lowest BCUT2D eigenvalue weighted by molar-refractivity contribution is 0.518. The summed E-state index contributed by atoms with van der Waals surface area (Å²) in [5, 5.41) is 4.43. The van der Waals surface area contributed by atoms with E-state index in [9.17, 15) is 8.42 Å². The van der Waals surface area contributed by atoms with Gasteiger partial charge in [-0.1, -0.05) is 31.5 Å². The van der Waals surface area contributed by atoms with Crippen LogP contribution in [0, 0.1) is 13.8 Å². The number of aromatic nitrogens is 2. The summed E-state index contributed by atoms with van der Waals surface area (Å²) in [6, 6.07) is 7.88. The molecule has 25 heavy (non-hydrogen) atoms. The number of aryl methyl sites for hydroxylation is 3. The van der Waals surface area contributed by atoms with Crippen molar-refractivity contribution < 1.29 is 8.42 Å². The highest BCUT2D eigenvalue weighted by Gasteiger charge is 2.38. The van der Waals surface area contributed by atoms with E-state index in [1.165, 1.54) is 0 Å². The highest BCUT2D eigenvalue weighted by molar-refractivity contribution is 7.93. The maximum Gasteiger partial charge on any atom is 0.268 e. The van der Waals surface area contributed by atoms with Crippen LogP contribution in [0.15, 0.2) is 29.2 Å². The Labute approximate surface area is 150 Å². The van der Waals surface area contributed by atoms with Gasteiger partial charge in [-0.2, -0.15) is 5.10 Å². The SMILES string of the molecule is CCC[C@H]1CCc2ccccc2N1S(=O)(=O)c1c(C)nn(CC)c1C. The van der Waals surface area contributed by atoms with Gasteiger partial charge in [0.1, 0.15) is 4.90 Å². The van der Waals surface area contributed by atoms with Crippen molar-refractivity contribution in [3.05, 3.63) is 41.2 Å². The fourth-order valence-electron chi connectivity index (χ4n) is 3.95. The summed E-state index contributed by atoms with van der Waals surface area (Å²) in [4.78, 5) is 0.368. The number of para-hydroxylation sites is 1. The van der Waals surface area contributed by atoms with Crippen LogP contribution in [0.2, 0.25) is 0 Å². The molecule has 6 heteroatoms. The van der Waals surface area contributed by atoms with Crippen LogP contribution in [0.25, 0.3) is 0 Å². The van der Waals surface area contributed by atoms with E-state index in [1.807, 2.05) is 38.1 Å². The first-order chi connectivity index (χ1) is 11.9. The molecule has 1 aromatic carbocycles. The Morgan fingerprint density at radius 1 is 1.20 bits per heavy atom. The number of sulfonamides is 1. The highest BCUT2D eigenvalue weighted by Crippen LogP contribution is 2.38. The number of nitrogens with zero attached hydrogens (tertiary/aromatic N) is 3. The minimum absolute atomic E-state index is 0.00803. The zero-order valence-electron chi connectivity index (χ0n) is 15.5. The van der Waals surface area contributed by atoms with Crippen molar-refractivity contribution in [2.24, 2.45) is 0 Å². The Balaban J connectivity index is 2.18. The minimum atomic E-state index is -3.65. The highest BCUT2D eigenvalue weighted by atomic mass is 32.2. The fourth-order valence-corrected chi connectivity index (χ4v) is 6.08. The Bertz CT molecular complexity index is 871. The summed E-state index contributed by atoms with van der Waals surface area (Å²) in [6.45, 7) is 8.39. The van der Waals surface area contributed by atoms with E-state index in [0.29, 0.717) is 17.1 Å². The molecule has 0 radical (unpaired) electrons.